The molecule has 0 spiro atoms. The summed E-state index contributed by atoms with van der Waals surface area (Å²) < 4.78 is 5.20. The van der Waals surface area contributed by atoms with Crippen LogP contribution in [0.1, 0.15) is 26.7 Å². The van der Waals surface area contributed by atoms with Crippen molar-refractivity contribution in [1.82, 2.24) is 0 Å². The quantitative estimate of drug-likeness (QED) is 0.622. The van der Waals surface area contributed by atoms with E-state index < -0.39 is 0 Å². The van der Waals surface area contributed by atoms with Crippen LogP contribution in [-0.4, -0.2) is 18.5 Å². The summed E-state index contributed by atoms with van der Waals surface area (Å²) in [4.78, 5) is 0. The summed E-state index contributed by atoms with van der Waals surface area (Å²) in [5.74, 6) is 0. The lowest BCUT2D eigenvalue weighted by molar-refractivity contribution is -0.118. The van der Waals surface area contributed by atoms with Gasteiger partial charge >= 0.3 is 0 Å². The molecule has 1 nitrogen and oxygen atoms in total. The summed E-state index contributed by atoms with van der Waals surface area (Å²) in [5, 5.41) is 0.517. The maximum absolute atomic E-state index is 5.20. The van der Waals surface area contributed by atoms with Gasteiger partial charge in [-0.2, -0.15) is 12.6 Å². The summed E-state index contributed by atoms with van der Waals surface area (Å²) in [6.07, 6.45) is 2.44. The van der Waals surface area contributed by atoms with Gasteiger partial charge in [0, 0.05) is 5.41 Å². The fourth-order valence-corrected chi connectivity index (χ4v) is 1.87. The third-order valence-corrected chi connectivity index (χ3v) is 2.48. The molecule has 60 valence electrons. The van der Waals surface area contributed by atoms with E-state index in [1.807, 2.05) is 0 Å². The zero-order chi connectivity index (χ0) is 7.61. The molecule has 0 aliphatic carbocycles. The van der Waals surface area contributed by atoms with Crippen molar-refractivity contribution in [2.75, 3.05) is 13.2 Å². The van der Waals surface area contributed by atoms with Crippen molar-refractivity contribution in [3.8, 4) is 0 Å². The van der Waals surface area contributed by atoms with Gasteiger partial charge in [-0.15, -0.1) is 0 Å². The predicted molar refractivity (Wildman–Crippen MR) is 46.6 cm³/mol. The lowest BCUT2D eigenvalue weighted by Crippen LogP contribution is -2.43. The minimum absolute atomic E-state index is 0.487. The molecule has 0 aromatic carbocycles. The second-order valence-electron chi connectivity index (χ2n) is 3.40. The largest absolute Gasteiger partial charge is 0.380 e. The van der Waals surface area contributed by atoms with E-state index in [1.165, 1.54) is 12.8 Å². The minimum Gasteiger partial charge on any atom is -0.380 e. The Morgan fingerprint density at radius 2 is 2.20 bits per heavy atom. The monoisotopic (exact) mass is 160 g/mol. The molecule has 1 fully saturated rings. The van der Waals surface area contributed by atoms with E-state index in [9.17, 15) is 0 Å². The highest BCUT2D eigenvalue weighted by atomic mass is 32.1. The van der Waals surface area contributed by atoms with Gasteiger partial charge < -0.3 is 4.74 Å². The average Bonchev–Trinajstić information content (AvgIpc) is 1.78. The molecule has 0 bridgehead atoms. The van der Waals surface area contributed by atoms with Gasteiger partial charge in [-0.1, -0.05) is 13.8 Å². The van der Waals surface area contributed by atoms with Crippen LogP contribution in [0.4, 0.5) is 0 Å². The first-order chi connectivity index (χ1) is 4.68. The Morgan fingerprint density at radius 1 is 1.60 bits per heavy atom. The normalized spacial score (nSPS) is 25.5. The van der Waals surface area contributed by atoms with Crippen LogP contribution in [-0.2, 0) is 4.74 Å². The first-order valence-corrected chi connectivity index (χ1v) is 4.46. The Hall–Kier alpha value is 0.310. The predicted octanol–water partition coefficient (Wildman–Crippen LogP) is 2.12. The molecule has 1 heterocycles. The lowest BCUT2D eigenvalue weighted by atomic mass is 9.79. The van der Waals surface area contributed by atoms with E-state index in [4.69, 9.17) is 4.74 Å². The van der Waals surface area contributed by atoms with E-state index in [1.54, 1.807) is 0 Å². The first-order valence-electron chi connectivity index (χ1n) is 3.94. The van der Waals surface area contributed by atoms with Gasteiger partial charge in [-0.05, 0) is 18.1 Å². The minimum atomic E-state index is 0.487. The third kappa shape index (κ3) is 1.67. The molecule has 0 aromatic heterocycles. The van der Waals surface area contributed by atoms with Crippen LogP contribution in [0.25, 0.3) is 0 Å². The van der Waals surface area contributed by atoms with Gasteiger partial charge in [-0.25, -0.2) is 0 Å². The molecule has 1 saturated heterocycles. The van der Waals surface area contributed by atoms with Crippen LogP contribution in [0.15, 0.2) is 0 Å². The molecule has 0 N–H and O–H groups in total. The van der Waals surface area contributed by atoms with Crippen LogP contribution >= 0.6 is 12.6 Å². The molecule has 0 aromatic rings. The standard InChI is InChI=1S/C8H16OS/c1-3-8(4-7(2)10)5-9-6-8/h7,10H,3-6H2,1-2H3. The van der Waals surface area contributed by atoms with Crippen molar-refractivity contribution in [1.29, 1.82) is 0 Å². The Balaban J connectivity index is 2.33. The van der Waals surface area contributed by atoms with Gasteiger partial charge in [0.1, 0.15) is 0 Å². The number of ether oxygens (including phenoxy) is 1. The molecular formula is C8H16OS. The zero-order valence-electron chi connectivity index (χ0n) is 6.76. The van der Waals surface area contributed by atoms with Crippen molar-refractivity contribution >= 4 is 12.6 Å². The van der Waals surface area contributed by atoms with Crippen molar-refractivity contribution in [3.05, 3.63) is 0 Å². The van der Waals surface area contributed by atoms with Crippen LogP contribution in [0, 0.1) is 5.41 Å². The number of thiol groups is 1. The Morgan fingerprint density at radius 3 is 2.30 bits per heavy atom. The summed E-state index contributed by atoms with van der Waals surface area (Å²) in [6.45, 7) is 6.29. The van der Waals surface area contributed by atoms with Gasteiger partial charge in [0.05, 0.1) is 13.2 Å². The second-order valence-corrected chi connectivity index (χ2v) is 4.28. The summed E-state index contributed by atoms with van der Waals surface area (Å²) in [5.41, 5.74) is 0.487. The number of hydrogen-bond donors (Lipinski definition) is 1. The van der Waals surface area contributed by atoms with Crippen molar-refractivity contribution < 1.29 is 4.74 Å². The first kappa shape index (κ1) is 8.41. The molecule has 0 saturated carbocycles. The van der Waals surface area contributed by atoms with Gasteiger partial charge in [0.15, 0.2) is 0 Å². The second kappa shape index (κ2) is 3.14. The average molecular weight is 160 g/mol. The summed E-state index contributed by atoms with van der Waals surface area (Å²) in [6, 6.07) is 0. The van der Waals surface area contributed by atoms with Gasteiger partial charge in [0.2, 0.25) is 0 Å². The highest BCUT2D eigenvalue weighted by Gasteiger charge is 2.36. The Kier molecular flexibility index (Phi) is 2.64. The molecule has 0 radical (unpaired) electrons. The van der Waals surface area contributed by atoms with E-state index in [0.29, 0.717) is 10.7 Å². The molecule has 2 heteroatoms. The van der Waals surface area contributed by atoms with Crippen molar-refractivity contribution in [2.24, 2.45) is 5.41 Å². The third-order valence-electron chi connectivity index (χ3n) is 2.29. The van der Waals surface area contributed by atoms with Crippen LogP contribution < -0.4 is 0 Å². The molecule has 1 aliphatic rings. The fourth-order valence-electron chi connectivity index (χ4n) is 1.48. The van der Waals surface area contributed by atoms with Crippen LogP contribution in [0.2, 0.25) is 0 Å². The zero-order valence-corrected chi connectivity index (χ0v) is 7.66. The highest BCUT2D eigenvalue weighted by molar-refractivity contribution is 7.80. The van der Waals surface area contributed by atoms with E-state index in [-0.39, 0.29) is 0 Å². The molecule has 0 amide bonds. The summed E-state index contributed by atoms with van der Waals surface area (Å²) >= 11 is 4.38. The molecule has 1 aliphatic heterocycles. The molecule has 1 atom stereocenters. The SMILES string of the molecule is CCC1(CC(C)S)COC1. The Bertz CT molecular complexity index is 102. The van der Waals surface area contributed by atoms with E-state index in [2.05, 4.69) is 26.5 Å². The van der Waals surface area contributed by atoms with Gasteiger partial charge in [0.25, 0.3) is 0 Å². The van der Waals surface area contributed by atoms with Crippen LogP contribution in [0.5, 0.6) is 0 Å². The topological polar surface area (TPSA) is 9.23 Å². The molecular weight excluding hydrogens is 144 g/mol. The molecule has 10 heavy (non-hydrogen) atoms. The number of hydrogen-bond acceptors (Lipinski definition) is 2. The van der Waals surface area contributed by atoms with Gasteiger partial charge in [-0.3, -0.25) is 0 Å². The van der Waals surface area contributed by atoms with Crippen LogP contribution in [0.3, 0.4) is 0 Å². The maximum Gasteiger partial charge on any atom is 0.0545 e. The number of rotatable bonds is 3. The van der Waals surface area contributed by atoms with E-state index in [0.717, 1.165) is 13.2 Å². The lowest BCUT2D eigenvalue weighted by Gasteiger charge is -2.41. The van der Waals surface area contributed by atoms with E-state index >= 15 is 0 Å². The maximum atomic E-state index is 5.20. The Labute approximate surface area is 68.6 Å². The van der Waals surface area contributed by atoms with Crippen molar-refractivity contribution in [3.63, 3.8) is 0 Å². The smallest absolute Gasteiger partial charge is 0.0545 e. The fraction of sp³-hybridized carbons (Fsp3) is 1.00. The van der Waals surface area contributed by atoms with Crippen molar-refractivity contribution in [2.45, 2.75) is 31.9 Å². The highest BCUT2D eigenvalue weighted by Crippen LogP contribution is 2.36. The molecule has 1 rings (SSSR count). The summed E-state index contributed by atoms with van der Waals surface area (Å²) in [7, 11) is 0. The molecule has 1 unspecified atom stereocenters.